The van der Waals surface area contributed by atoms with Gasteiger partial charge in [-0.3, -0.25) is 0 Å². The van der Waals surface area contributed by atoms with Crippen molar-refractivity contribution in [2.75, 3.05) is 5.32 Å². The Labute approximate surface area is 132 Å². The Morgan fingerprint density at radius 3 is 2.59 bits per heavy atom. The lowest BCUT2D eigenvalue weighted by Crippen LogP contribution is -2.18. The molecule has 0 saturated heterocycles. The van der Waals surface area contributed by atoms with Crippen molar-refractivity contribution in [3.8, 4) is 6.07 Å². The molecule has 0 radical (unpaired) electrons. The third-order valence-electron chi connectivity index (χ3n) is 3.22. The number of aromatic nitrogens is 1. The minimum absolute atomic E-state index is 0.0310. The molecule has 1 heterocycles. The van der Waals surface area contributed by atoms with E-state index in [4.69, 9.17) is 16.9 Å². The molecule has 0 saturated carbocycles. The van der Waals surface area contributed by atoms with Gasteiger partial charge >= 0.3 is 0 Å². The normalized spacial score (nSPS) is 12.0. The van der Waals surface area contributed by atoms with Crippen LogP contribution in [-0.2, 0) is 0 Å². The van der Waals surface area contributed by atoms with E-state index < -0.39 is 5.82 Å². The molecule has 1 atom stereocenters. The number of anilines is 1. The molecule has 1 N–H and O–H groups in total. The van der Waals surface area contributed by atoms with Crippen molar-refractivity contribution in [1.82, 2.24) is 4.98 Å². The molecular weight excluding hydrogens is 308 g/mol. The Morgan fingerprint density at radius 1 is 1.27 bits per heavy atom. The minimum Gasteiger partial charge on any atom is -0.361 e. The van der Waals surface area contributed by atoms with Crippen molar-refractivity contribution in [2.45, 2.75) is 19.9 Å². The topological polar surface area (TPSA) is 48.7 Å². The first kappa shape index (κ1) is 16.2. The maximum Gasteiger partial charge on any atom is 0.166 e. The van der Waals surface area contributed by atoms with E-state index in [1.807, 2.05) is 13.8 Å². The molecule has 0 spiro atoms. The Kier molecular flexibility index (Phi) is 4.94. The Hall–Kier alpha value is -2.19. The largest absolute Gasteiger partial charge is 0.361 e. The van der Waals surface area contributed by atoms with E-state index in [9.17, 15) is 8.78 Å². The minimum atomic E-state index is -0.678. The van der Waals surface area contributed by atoms with E-state index in [0.29, 0.717) is 5.56 Å². The van der Waals surface area contributed by atoms with Crippen molar-refractivity contribution in [2.24, 2.45) is 5.92 Å². The SMILES string of the molecule is CC(C)[C@H](Nc1nc(Cl)c(C#N)cc1F)c1cccc(F)c1. The standard InChI is InChI=1S/C16H14ClF2N3/c1-9(2)14(10-4-3-5-12(18)6-10)21-16-13(19)7-11(8-20)15(17)22-16/h3-7,9,14H,1-2H3,(H,21,22)/t14-/m0/s1. The second-order valence-electron chi connectivity index (χ2n) is 5.19. The van der Waals surface area contributed by atoms with Gasteiger partial charge in [0.15, 0.2) is 11.6 Å². The number of nitriles is 1. The molecule has 0 aliphatic carbocycles. The van der Waals surface area contributed by atoms with Gasteiger partial charge in [0.25, 0.3) is 0 Å². The van der Waals surface area contributed by atoms with Gasteiger partial charge in [-0.25, -0.2) is 13.8 Å². The number of halogens is 3. The summed E-state index contributed by atoms with van der Waals surface area (Å²) >= 11 is 5.84. The number of hydrogen-bond donors (Lipinski definition) is 1. The van der Waals surface area contributed by atoms with E-state index in [1.165, 1.54) is 12.1 Å². The highest BCUT2D eigenvalue weighted by Crippen LogP contribution is 2.29. The summed E-state index contributed by atoms with van der Waals surface area (Å²) in [6.45, 7) is 3.84. The van der Waals surface area contributed by atoms with Crippen molar-refractivity contribution < 1.29 is 8.78 Å². The molecule has 6 heteroatoms. The number of benzene rings is 1. The summed E-state index contributed by atoms with van der Waals surface area (Å²) in [5.74, 6) is -1.05. The summed E-state index contributed by atoms with van der Waals surface area (Å²) < 4.78 is 27.4. The second-order valence-corrected chi connectivity index (χ2v) is 5.55. The molecule has 2 aromatic rings. The molecule has 0 bridgehead atoms. The molecule has 114 valence electrons. The lowest BCUT2D eigenvalue weighted by molar-refractivity contribution is 0.532. The number of hydrogen-bond acceptors (Lipinski definition) is 3. The first-order valence-electron chi connectivity index (χ1n) is 6.70. The Morgan fingerprint density at radius 2 is 2.00 bits per heavy atom. The molecule has 0 unspecified atom stereocenters. The van der Waals surface area contributed by atoms with E-state index in [-0.39, 0.29) is 34.3 Å². The zero-order valence-electron chi connectivity index (χ0n) is 12.1. The number of nitrogens with one attached hydrogen (secondary N) is 1. The summed E-state index contributed by atoms with van der Waals surface area (Å²) in [5.41, 5.74) is 0.647. The molecule has 1 aromatic carbocycles. The Bertz CT molecular complexity index is 726. The highest BCUT2D eigenvalue weighted by molar-refractivity contribution is 6.30. The zero-order valence-corrected chi connectivity index (χ0v) is 12.8. The van der Waals surface area contributed by atoms with Crippen molar-refractivity contribution >= 4 is 17.4 Å². The lowest BCUT2D eigenvalue weighted by atomic mass is 9.96. The molecule has 1 aromatic heterocycles. The molecule has 0 aliphatic rings. The fourth-order valence-corrected chi connectivity index (χ4v) is 2.31. The van der Waals surface area contributed by atoms with Crippen LogP contribution in [0.2, 0.25) is 5.15 Å². The first-order chi connectivity index (χ1) is 10.4. The second kappa shape index (κ2) is 6.71. The smallest absolute Gasteiger partial charge is 0.166 e. The van der Waals surface area contributed by atoms with E-state index in [2.05, 4.69) is 10.3 Å². The van der Waals surface area contributed by atoms with Crippen LogP contribution in [0.25, 0.3) is 0 Å². The zero-order chi connectivity index (χ0) is 16.3. The molecule has 3 nitrogen and oxygen atoms in total. The number of nitrogens with zero attached hydrogens (tertiary/aromatic N) is 2. The van der Waals surface area contributed by atoms with Crippen LogP contribution in [0.5, 0.6) is 0 Å². The van der Waals surface area contributed by atoms with Crippen LogP contribution >= 0.6 is 11.6 Å². The summed E-state index contributed by atoms with van der Waals surface area (Å²) in [6, 6.07) is 8.53. The van der Waals surface area contributed by atoms with Gasteiger partial charge in [0, 0.05) is 0 Å². The Balaban J connectivity index is 2.37. The van der Waals surface area contributed by atoms with Crippen LogP contribution < -0.4 is 5.32 Å². The van der Waals surface area contributed by atoms with Crippen LogP contribution in [0.1, 0.15) is 31.0 Å². The molecule has 0 aliphatic heterocycles. The van der Waals surface area contributed by atoms with E-state index in [0.717, 1.165) is 6.07 Å². The van der Waals surface area contributed by atoms with Gasteiger partial charge in [0.2, 0.25) is 0 Å². The third-order valence-corrected chi connectivity index (χ3v) is 3.50. The fraction of sp³-hybridized carbons (Fsp3) is 0.250. The predicted molar refractivity (Wildman–Crippen MR) is 81.5 cm³/mol. The van der Waals surface area contributed by atoms with Gasteiger partial charge in [-0.15, -0.1) is 0 Å². The molecular formula is C16H14ClF2N3. The fourth-order valence-electron chi connectivity index (χ4n) is 2.13. The average molecular weight is 322 g/mol. The van der Waals surface area contributed by atoms with Crippen molar-refractivity contribution in [3.05, 3.63) is 58.2 Å². The molecule has 2 rings (SSSR count). The van der Waals surface area contributed by atoms with Crippen molar-refractivity contribution in [1.29, 1.82) is 5.26 Å². The highest BCUT2D eigenvalue weighted by atomic mass is 35.5. The third kappa shape index (κ3) is 3.52. The summed E-state index contributed by atoms with van der Waals surface area (Å²) in [5, 5.41) is 11.7. The number of pyridine rings is 1. The first-order valence-corrected chi connectivity index (χ1v) is 7.08. The summed E-state index contributed by atoms with van der Waals surface area (Å²) in [6.07, 6.45) is 0. The van der Waals surface area contributed by atoms with Gasteiger partial charge in [-0.2, -0.15) is 5.26 Å². The van der Waals surface area contributed by atoms with E-state index >= 15 is 0 Å². The van der Waals surface area contributed by atoms with Crippen LogP contribution in [-0.4, -0.2) is 4.98 Å². The van der Waals surface area contributed by atoms with Gasteiger partial charge < -0.3 is 5.32 Å². The van der Waals surface area contributed by atoms with Gasteiger partial charge in [-0.05, 0) is 29.7 Å². The van der Waals surface area contributed by atoms with Crippen LogP contribution in [0.4, 0.5) is 14.6 Å². The van der Waals surface area contributed by atoms with Gasteiger partial charge in [0.05, 0.1) is 11.6 Å². The van der Waals surface area contributed by atoms with Crippen LogP contribution in [0, 0.1) is 28.9 Å². The van der Waals surface area contributed by atoms with Gasteiger partial charge in [-0.1, -0.05) is 37.6 Å². The van der Waals surface area contributed by atoms with Gasteiger partial charge in [0.1, 0.15) is 17.0 Å². The molecule has 22 heavy (non-hydrogen) atoms. The van der Waals surface area contributed by atoms with Crippen LogP contribution in [0.3, 0.4) is 0 Å². The van der Waals surface area contributed by atoms with Crippen molar-refractivity contribution in [3.63, 3.8) is 0 Å². The monoisotopic (exact) mass is 321 g/mol. The molecule has 0 amide bonds. The maximum absolute atomic E-state index is 14.0. The average Bonchev–Trinajstić information content (AvgIpc) is 2.47. The maximum atomic E-state index is 14.0. The van der Waals surface area contributed by atoms with Crippen LogP contribution in [0.15, 0.2) is 30.3 Å². The summed E-state index contributed by atoms with van der Waals surface area (Å²) in [4.78, 5) is 3.88. The molecule has 0 fully saturated rings. The highest BCUT2D eigenvalue weighted by Gasteiger charge is 2.20. The predicted octanol–water partition coefficient (Wildman–Crippen LogP) is 4.69. The summed E-state index contributed by atoms with van der Waals surface area (Å²) in [7, 11) is 0. The number of rotatable bonds is 4. The lowest BCUT2D eigenvalue weighted by Gasteiger charge is -2.24. The van der Waals surface area contributed by atoms with E-state index in [1.54, 1.807) is 18.2 Å². The quantitative estimate of drug-likeness (QED) is 0.831.